The predicted octanol–water partition coefficient (Wildman–Crippen LogP) is 5.86. The van der Waals surface area contributed by atoms with Gasteiger partial charge < -0.3 is 0 Å². The van der Waals surface area contributed by atoms with E-state index in [1.54, 1.807) is 0 Å². The Kier molecular flexibility index (Phi) is 4.74. The zero-order chi connectivity index (χ0) is 16.3. The lowest BCUT2D eigenvalue weighted by molar-refractivity contribution is -0.0800. The SMILES string of the molecule is Cc1cccc(C(/C=C/C(F)(F)F)c2ccc(C)c(C)c2)c1. The highest BCUT2D eigenvalue weighted by Crippen LogP contribution is 2.30. The van der Waals surface area contributed by atoms with E-state index in [4.69, 9.17) is 0 Å². The minimum atomic E-state index is -4.30. The molecule has 2 rings (SSSR count). The quantitative estimate of drug-likeness (QED) is 0.623. The number of halogens is 3. The van der Waals surface area contributed by atoms with Crippen molar-refractivity contribution in [1.82, 2.24) is 0 Å². The molecule has 0 aliphatic carbocycles. The molecule has 0 radical (unpaired) electrons. The first-order valence-electron chi connectivity index (χ1n) is 7.16. The Morgan fingerprint density at radius 2 is 1.55 bits per heavy atom. The number of aryl methyl sites for hydroxylation is 3. The van der Waals surface area contributed by atoms with Crippen LogP contribution in [0, 0.1) is 20.8 Å². The lowest BCUT2D eigenvalue weighted by Crippen LogP contribution is -2.05. The number of hydrogen-bond donors (Lipinski definition) is 0. The van der Waals surface area contributed by atoms with Crippen LogP contribution in [-0.4, -0.2) is 6.18 Å². The van der Waals surface area contributed by atoms with E-state index in [0.717, 1.165) is 27.8 Å². The summed E-state index contributed by atoms with van der Waals surface area (Å²) in [6, 6.07) is 13.4. The highest BCUT2D eigenvalue weighted by atomic mass is 19.4. The zero-order valence-corrected chi connectivity index (χ0v) is 12.9. The first-order valence-corrected chi connectivity index (χ1v) is 7.16. The van der Waals surface area contributed by atoms with Crippen LogP contribution < -0.4 is 0 Å². The Morgan fingerprint density at radius 1 is 0.864 bits per heavy atom. The smallest absolute Gasteiger partial charge is 0.167 e. The third-order valence-corrected chi connectivity index (χ3v) is 3.77. The van der Waals surface area contributed by atoms with Crippen molar-refractivity contribution >= 4 is 0 Å². The summed E-state index contributed by atoms with van der Waals surface area (Å²) in [5.74, 6) is -0.402. The highest BCUT2D eigenvalue weighted by molar-refractivity contribution is 5.41. The number of allylic oxidation sites excluding steroid dienone is 2. The minimum absolute atomic E-state index is 0.329. The number of alkyl halides is 3. The predicted molar refractivity (Wildman–Crippen MR) is 84.1 cm³/mol. The van der Waals surface area contributed by atoms with Crippen molar-refractivity contribution in [3.8, 4) is 0 Å². The molecule has 0 saturated heterocycles. The molecule has 116 valence electrons. The maximum Gasteiger partial charge on any atom is 0.409 e. The second kappa shape index (κ2) is 6.39. The molecule has 2 aromatic carbocycles. The molecule has 3 heteroatoms. The van der Waals surface area contributed by atoms with Gasteiger partial charge in [-0.3, -0.25) is 0 Å². The Labute approximate surface area is 129 Å². The lowest BCUT2D eigenvalue weighted by Gasteiger charge is -2.16. The first-order chi connectivity index (χ1) is 10.3. The van der Waals surface area contributed by atoms with Crippen molar-refractivity contribution in [2.45, 2.75) is 32.9 Å². The molecule has 2 aromatic rings. The van der Waals surface area contributed by atoms with E-state index >= 15 is 0 Å². The van der Waals surface area contributed by atoms with Gasteiger partial charge in [-0.05, 0) is 43.0 Å². The molecule has 0 heterocycles. The van der Waals surface area contributed by atoms with E-state index in [1.807, 2.05) is 63.2 Å². The van der Waals surface area contributed by atoms with Crippen molar-refractivity contribution in [2.24, 2.45) is 0 Å². The Morgan fingerprint density at radius 3 is 2.14 bits per heavy atom. The summed E-state index contributed by atoms with van der Waals surface area (Å²) < 4.78 is 37.7. The monoisotopic (exact) mass is 304 g/mol. The largest absolute Gasteiger partial charge is 0.409 e. The summed E-state index contributed by atoms with van der Waals surface area (Å²) >= 11 is 0. The molecule has 22 heavy (non-hydrogen) atoms. The van der Waals surface area contributed by atoms with Crippen LogP contribution in [0.5, 0.6) is 0 Å². The summed E-state index contributed by atoms with van der Waals surface area (Å²) in [6.45, 7) is 5.90. The molecule has 1 unspecified atom stereocenters. The van der Waals surface area contributed by atoms with Gasteiger partial charge in [-0.15, -0.1) is 0 Å². The Hall–Kier alpha value is -2.03. The van der Waals surface area contributed by atoms with Crippen LogP contribution in [-0.2, 0) is 0 Å². The summed E-state index contributed by atoms with van der Waals surface area (Å²) in [6.07, 6.45) is -2.74. The molecule has 0 aromatic heterocycles. The average molecular weight is 304 g/mol. The summed E-state index contributed by atoms with van der Waals surface area (Å²) in [4.78, 5) is 0. The van der Waals surface area contributed by atoms with Gasteiger partial charge in [0.05, 0.1) is 0 Å². The molecule has 0 N–H and O–H groups in total. The molecule has 0 aliphatic rings. The van der Waals surface area contributed by atoms with Crippen LogP contribution in [0.25, 0.3) is 0 Å². The maximum atomic E-state index is 12.6. The van der Waals surface area contributed by atoms with Crippen LogP contribution in [0.4, 0.5) is 13.2 Å². The van der Waals surface area contributed by atoms with Crippen molar-refractivity contribution in [1.29, 1.82) is 0 Å². The van der Waals surface area contributed by atoms with Crippen molar-refractivity contribution in [2.75, 3.05) is 0 Å². The van der Waals surface area contributed by atoms with Crippen LogP contribution in [0.1, 0.15) is 33.7 Å². The molecule has 0 spiro atoms. The van der Waals surface area contributed by atoms with Crippen LogP contribution in [0.2, 0.25) is 0 Å². The first kappa shape index (κ1) is 16.3. The van der Waals surface area contributed by atoms with E-state index in [9.17, 15) is 13.2 Å². The maximum absolute atomic E-state index is 12.6. The standard InChI is InChI=1S/C19H19F3/c1-13-5-4-6-16(11-13)18(9-10-19(20,21)22)17-8-7-14(2)15(3)12-17/h4-12,18H,1-3H3/b10-9+. The van der Waals surface area contributed by atoms with Gasteiger partial charge in [0.25, 0.3) is 0 Å². The Bertz CT molecular complexity index is 681. The normalized spacial score (nSPS) is 13.5. The van der Waals surface area contributed by atoms with E-state index in [1.165, 1.54) is 6.08 Å². The van der Waals surface area contributed by atoms with Crippen molar-refractivity contribution in [3.05, 3.63) is 82.4 Å². The minimum Gasteiger partial charge on any atom is -0.167 e. The molecule has 0 aliphatic heterocycles. The third kappa shape index (κ3) is 4.23. The topological polar surface area (TPSA) is 0 Å². The van der Waals surface area contributed by atoms with E-state index in [-0.39, 0.29) is 0 Å². The number of rotatable bonds is 3. The summed E-state index contributed by atoms with van der Waals surface area (Å²) in [5.41, 5.74) is 4.98. The van der Waals surface area contributed by atoms with Crippen LogP contribution >= 0.6 is 0 Å². The fourth-order valence-electron chi connectivity index (χ4n) is 2.44. The van der Waals surface area contributed by atoms with Crippen LogP contribution in [0.3, 0.4) is 0 Å². The molecule has 0 nitrogen and oxygen atoms in total. The van der Waals surface area contributed by atoms with E-state index in [2.05, 4.69) is 0 Å². The van der Waals surface area contributed by atoms with Gasteiger partial charge in [0.2, 0.25) is 0 Å². The number of hydrogen-bond acceptors (Lipinski definition) is 0. The van der Waals surface area contributed by atoms with Gasteiger partial charge in [-0.2, -0.15) is 13.2 Å². The van der Waals surface area contributed by atoms with Gasteiger partial charge in [-0.25, -0.2) is 0 Å². The van der Waals surface area contributed by atoms with Crippen LogP contribution in [0.15, 0.2) is 54.6 Å². The molecule has 0 fully saturated rings. The van der Waals surface area contributed by atoms with Gasteiger partial charge in [-0.1, -0.05) is 54.1 Å². The van der Waals surface area contributed by atoms with Crippen molar-refractivity contribution in [3.63, 3.8) is 0 Å². The zero-order valence-electron chi connectivity index (χ0n) is 12.9. The fourth-order valence-corrected chi connectivity index (χ4v) is 2.44. The summed E-state index contributed by atoms with van der Waals surface area (Å²) in [7, 11) is 0. The second-order valence-electron chi connectivity index (χ2n) is 5.64. The molecular formula is C19H19F3. The second-order valence-corrected chi connectivity index (χ2v) is 5.64. The summed E-state index contributed by atoms with van der Waals surface area (Å²) in [5, 5.41) is 0. The molecule has 0 saturated carbocycles. The molecular weight excluding hydrogens is 285 g/mol. The molecule has 1 atom stereocenters. The molecule has 0 bridgehead atoms. The Balaban J connectivity index is 2.49. The van der Waals surface area contributed by atoms with Gasteiger partial charge in [0.15, 0.2) is 0 Å². The fraction of sp³-hybridized carbons (Fsp3) is 0.263. The van der Waals surface area contributed by atoms with Crippen molar-refractivity contribution < 1.29 is 13.2 Å². The van der Waals surface area contributed by atoms with Gasteiger partial charge >= 0.3 is 6.18 Å². The lowest BCUT2D eigenvalue weighted by atomic mass is 9.88. The van der Waals surface area contributed by atoms with Gasteiger partial charge in [0.1, 0.15) is 0 Å². The number of benzene rings is 2. The third-order valence-electron chi connectivity index (χ3n) is 3.77. The average Bonchev–Trinajstić information content (AvgIpc) is 2.42. The molecule has 0 amide bonds. The highest BCUT2D eigenvalue weighted by Gasteiger charge is 2.23. The van der Waals surface area contributed by atoms with E-state index < -0.39 is 12.1 Å². The van der Waals surface area contributed by atoms with E-state index in [0.29, 0.717) is 6.08 Å². The van der Waals surface area contributed by atoms with Gasteiger partial charge in [0, 0.05) is 12.0 Å².